The van der Waals surface area contributed by atoms with Gasteiger partial charge in [0.15, 0.2) is 10.8 Å². The summed E-state index contributed by atoms with van der Waals surface area (Å²) in [5.74, 6) is 0.110. The van der Waals surface area contributed by atoms with Crippen LogP contribution in [0.15, 0.2) is 11.1 Å². The molecule has 124 valence electrons. The van der Waals surface area contributed by atoms with Crippen molar-refractivity contribution in [3.8, 4) is 0 Å². The van der Waals surface area contributed by atoms with E-state index in [2.05, 4.69) is 32.1 Å². The van der Waals surface area contributed by atoms with Crippen LogP contribution in [0.2, 0.25) is 0 Å². The van der Waals surface area contributed by atoms with Crippen molar-refractivity contribution in [2.24, 2.45) is 5.92 Å². The number of piperidine rings is 1. The Labute approximate surface area is 138 Å². The normalized spacial score (nSPS) is 18.3. The summed E-state index contributed by atoms with van der Waals surface area (Å²) in [7, 11) is 0. The highest BCUT2D eigenvalue weighted by molar-refractivity contribution is 7.22. The molecule has 2 N–H and O–H groups in total. The lowest BCUT2D eigenvalue weighted by Gasteiger charge is -2.31. The Kier molecular flexibility index (Phi) is 4.90. The van der Waals surface area contributed by atoms with Gasteiger partial charge in [0.05, 0.1) is 12.2 Å². The third kappa shape index (κ3) is 3.52. The number of nitrogens with zero attached hydrogens (tertiary/aromatic N) is 3. The summed E-state index contributed by atoms with van der Waals surface area (Å²) in [6.45, 7) is 4.36. The largest absolute Gasteiger partial charge is 0.356 e. The first-order chi connectivity index (χ1) is 11.2. The molecule has 1 fully saturated rings. The molecule has 1 saturated heterocycles. The van der Waals surface area contributed by atoms with Crippen molar-refractivity contribution in [3.05, 3.63) is 16.7 Å². The quantitative estimate of drug-likeness (QED) is 0.808. The third-order valence-corrected chi connectivity index (χ3v) is 5.18. The Morgan fingerprint density at radius 1 is 1.57 bits per heavy atom. The number of H-pyrrole nitrogens is 1. The Balaban J connectivity index is 1.71. The van der Waals surface area contributed by atoms with Gasteiger partial charge in [0, 0.05) is 19.6 Å². The zero-order valence-corrected chi connectivity index (χ0v) is 14.0. The minimum absolute atomic E-state index is 0.0149. The molecule has 2 aromatic rings. The topological polar surface area (TPSA) is 91.0 Å². The summed E-state index contributed by atoms with van der Waals surface area (Å²) in [4.78, 5) is 37.3. The molecule has 1 aliphatic rings. The number of fused-ring (bicyclic) bond motifs is 1. The summed E-state index contributed by atoms with van der Waals surface area (Å²) in [6, 6.07) is 0. The molecular formula is C15H21N5O2S. The molecule has 1 amide bonds. The van der Waals surface area contributed by atoms with Gasteiger partial charge in [-0.2, -0.15) is 4.98 Å². The number of thiazole rings is 1. The molecule has 3 heterocycles. The smallest absolute Gasteiger partial charge is 0.270 e. The maximum atomic E-state index is 12.3. The van der Waals surface area contributed by atoms with Gasteiger partial charge in [0.2, 0.25) is 5.91 Å². The van der Waals surface area contributed by atoms with Gasteiger partial charge in [-0.3, -0.25) is 9.59 Å². The van der Waals surface area contributed by atoms with Crippen LogP contribution in [0, 0.1) is 5.92 Å². The van der Waals surface area contributed by atoms with Crippen LogP contribution in [-0.4, -0.2) is 40.5 Å². The summed E-state index contributed by atoms with van der Waals surface area (Å²) >= 11 is 1.34. The molecule has 0 aliphatic carbocycles. The van der Waals surface area contributed by atoms with E-state index >= 15 is 0 Å². The Morgan fingerprint density at radius 2 is 2.43 bits per heavy atom. The average Bonchev–Trinajstić information content (AvgIpc) is 3.01. The maximum Gasteiger partial charge on any atom is 0.270 e. The molecule has 0 saturated carbocycles. The first-order valence-electron chi connectivity index (χ1n) is 8.06. The lowest BCUT2D eigenvalue weighted by atomic mass is 9.97. The van der Waals surface area contributed by atoms with Gasteiger partial charge < -0.3 is 15.2 Å². The van der Waals surface area contributed by atoms with E-state index in [0.717, 1.165) is 43.9 Å². The number of aromatic nitrogens is 3. The van der Waals surface area contributed by atoms with E-state index < -0.39 is 0 Å². The number of hydrogen-bond acceptors (Lipinski definition) is 6. The van der Waals surface area contributed by atoms with Gasteiger partial charge in [0.1, 0.15) is 4.70 Å². The van der Waals surface area contributed by atoms with Crippen LogP contribution in [0.1, 0.15) is 32.6 Å². The molecule has 0 radical (unpaired) electrons. The van der Waals surface area contributed by atoms with Gasteiger partial charge >= 0.3 is 0 Å². The van der Waals surface area contributed by atoms with Gasteiger partial charge in [-0.15, -0.1) is 0 Å². The van der Waals surface area contributed by atoms with E-state index in [1.54, 1.807) is 0 Å². The third-order valence-electron chi connectivity index (χ3n) is 4.08. The summed E-state index contributed by atoms with van der Waals surface area (Å²) in [6.07, 6.45) is 5.30. The molecular weight excluding hydrogens is 314 g/mol. The second-order valence-corrected chi connectivity index (χ2v) is 6.79. The molecule has 0 bridgehead atoms. The number of anilines is 1. The fraction of sp³-hybridized carbons (Fsp3) is 0.600. The molecule has 8 heteroatoms. The number of rotatable bonds is 5. The molecule has 0 spiro atoms. The van der Waals surface area contributed by atoms with E-state index in [1.807, 2.05) is 0 Å². The van der Waals surface area contributed by atoms with E-state index in [-0.39, 0.29) is 17.4 Å². The van der Waals surface area contributed by atoms with Crippen molar-refractivity contribution in [3.63, 3.8) is 0 Å². The highest BCUT2D eigenvalue weighted by Gasteiger charge is 2.27. The van der Waals surface area contributed by atoms with Crippen LogP contribution in [-0.2, 0) is 4.79 Å². The van der Waals surface area contributed by atoms with E-state index in [4.69, 9.17) is 0 Å². The standard InChI is InChI=1S/C15H21N5O2S/c1-2-3-6-16-13(21)10-5-4-7-20(8-10)15-19-12-11(23-15)14(22)18-9-17-12/h9-10H,2-8H2,1H3,(H,16,21)(H,17,18,22). The van der Waals surface area contributed by atoms with Gasteiger partial charge in [-0.1, -0.05) is 24.7 Å². The highest BCUT2D eigenvalue weighted by Crippen LogP contribution is 2.29. The first kappa shape index (κ1) is 15.9. The lowest BCUT2D eigenvalue weighted by molar-refractivity contribution is -0.125. The number of amides is 1. The number of hydrogen-bond donors (Lipinski definition) is 2. The predicted octanol–water partition coefficient (Wildman–Crippen LogP) is 1.51. The fourth-order valence-electron chi connectivity index (χ4n) is 2.79. The monoisotopic (exact) mass is 335 g/mol. The molecule has 0 aromatic carbocycles. The van der Waals surface area contributed by atoms with Crippen LogP contribution in [0.4, 0.5) is 5.13 Å². The number of nitrogens with one attached hydrogen (secondary N) is 2. The Bertz CT molecular complexity index is 741. The number of carbonyl (C=O) groups is 1. The van der Waals surface area contributed by atoms with Gasteiger partial charge in [0.25, 0.3) is 5.56 Å². The predicted molar refractivity (Wildman–Crippen MR) is 90.9 cm³/mol. The molecule has 3 rings (SSSR count). The molecule has 1 unspecified atom stereocenters. The van der Waals surface area contributed by atoms with Crippen LogP contribution >= 0.6 is 11.3 Å². The molecule has 23 heavy (non-hydrogen) atoms. The Hall–Kier alpha value is -1.96. The zero-order valence-electron chi connectivity index (χ0n) is 13.2. The second-order valence-electron chi connectivity index (χ2n) is 5.81. The Morgan fingerprint density at radius 3 is 3.22 bits per heavy atom. The van der Waals surface area contributed by atoms with E-state index in [0.29, 0.717) is 16.9 Å². The number of unbranched alkanes of at least 4 members (excludes halogenated alkanes) is 1. The van der Waals surface area contributed by atoms with Crippen LogP contribution < -0.4 is 15.8 Å². The van der Waals surface area contributed by atoms with Gasteiger partial charge in [-0.05, 0) is 19.3 Å². The highest BCUT2D eigenvalue weighted by atomic mass is 32.1. The average molecular weight is 335 g/mol. The van der Waals surface area contributed by atoms with Crippen molar-refractivity contribution in [1.29, 1.82) is 0 Å². The maximum absolute atomic E-state index is 12.3. The number of aromatic amines is 1. The van der Waals surface area contributed by atoms with Crippen LogP contribution in [0.25, 0.3) is 10.3 Å². The minimum Gasteiger partial charge on any atom is -0.356 e. The first-order valence-corrected chi connectivity index (χ1v) is 8.87. The van der Waals surface area contributed by atoms with Crippen molar-refractivity contribution in [1.82, 2.24) is 20.3 Å². The van der Waals surface area contributed by atoms with E-state index in [9.17, 15) is 9.59 Å². The SMILES string of the molecule is CCCCNC(=O)C1CCCN(c2nc3nc[nH]c(=O)c3s2)C1. The van der Waals surface area contributed by atoms with E-state index in [1.165, 1.54) is 17.7 Å². The van der Waals surface area contributed by atoms with Crippen LogP contribution in [0.5, 0.6) is 0 Å². The van der Waals surface area contributed by atoms with Crippen molar-refractivity contribution >= 4 is 32.7 Å². The lowest BCUT2D eigenvalue weighted by Crippen LogP contribution is -2.43. The van der Waals surface area contributed by atoms with Gasteiger partial charge in [-0.25, -0.2) is 4.98 Å². The fourth-order valence-corrected chi connectivity index (χ4v) is 3.74. The number of carbonyl (C=O) groups excluding carboxylic acids is 1. The van der Waals surface area contributed by atoms with Crippen molar-refractivity contribution in [2.45, 2.75) is 32.6 Å². The summed E-state index contributed by atoms with van der Waals surface area (Å²) in [5, 5.41) is 3.78. The second kappa shape index (κ2) is 7.08. The van der Waals surface area contributed by atoms with Crippen molar-refractivity contribution < 1.29 is 4.79 Å². The summed E-state index contributed by atoms with van der Waals surface area (Å²) in [5.41, 5.74) is 0.313. The molecule has 2 aromatic heterocycles. The summed E-state index contributed by atoms with van der Waals surface area (Å²) < 4.78 is 0.539. The molecule has 1 aliphatic heterocycles. The molecule has 7 nitrogen and oxygen atoms in total. The molecule has 1 atom stereocenters. The van der Waals surface area contributed by atoms with Crippen molar-refractivity contribution in [2.75, 3.05) is 24.5 Å². The zero-order chi connectivity index (χ0) is 16.2. The van der Waals surface area contributed by atoms with Crippen LogP contribution in [0.3, 0.4) is 0 Å². The minimum atomic E-state index is -0.162.